The normalized spacial score (nSPS) is 19.0. The molecule has 0 aromatic heterocycles. The van der Waals surface area contributed by atoms with Crippen LogP contribution >= 0.6 is 12.2 Å². The lowest BCUT2D eigenvalue weighted by Crippen LogP contribution is -3.15. The summed E-state index contributed by atoms with van der Waals surface area (Å²) in [6.45, 7) is 4.29. The molecule has 0 atom stereocenters. The fourth-order valence-corrected chi connectivity index (χ4v) is 5.10. The number of thiocarbonyl (C=S) groups is 1. The molecule has 0 amide bonds. The van der Waals surface area contributed by atoms with Crippen molar-refractivity contribution < 1.29 is 4.90 Å². The molecule has 1 aliphatic heterocycles. The summed E-state index contributed by atoms with van der Waals surface area (Å²) in [6.07, 6.45) is 6.61. The molecule has 1 heterocycles. The average Bonchev–Trinajstić information content (AvgIpc) is 2.77. The Labute approximate surface area is 174 Å². The molecule has 2 N–H and O–H groups in total. The zero-order valence-corrected chi connectivity index (χ0v) is 17.5. The van der Waals surface area contributed by atoms with Crippen LogP contribution < -0.4 is 10.2 Å². The minimum Gasteiger partial charge on any atom is -0.360 e. The molecule has 2 aromatic rings. The molecule has 0 unspecified atom stereocenters. The van der Waals surface area contributed by atoms with Gasteiger partial charge in [-0.2, -0.15) is 0 Å². The highest BCUT2D eigenvalue weighted by Gasteiger charge is 2.31. The molecule has 0 spiro atoms. The van der Waals surface area contributed by atoms with Crippen molar-refractivity contribution in [2.24, 2.45) is 0 Å². The topological polar surface area (TPSA) is 19.7 Å². The molecular weight excluding hydrogens is 362 g/mol. The Kier molecular flexibility index (Phi) is 6.61. The Morgan fingerprint density at radius 2 is 1.39 bits per heavy atom. The van der Waals surface area contributed by atoms with Crippen LogP contribution in [0.1, 0.15) is 49.3 Å². The van der Waals surface area contributed by atoms with E-state index in [1.54, 1.807) is 4.90 Å². The third kappa shape index (κ3) is 4.73. The van der Waals surface area contributed by atoms with Crippen molar-refractivity contribution in [1.82, 2.24) is 10.2 Å². The molecular formula is C24H32N3S+. The van der Waals surface area contributed by atoms with Gasteiger partial charge >= 0.3 is 0 Å². The summed E-state index contributed by atoms with van der Waals surface area (Å²) in [4.78, 5) is 4.02. The predicted octanol–water partition coefficient (Wildman–Crippen LogP) is 3.18. The lowest BCUT2D eigenvalue weighted by molar-refractivity contribution is -0.929. The van der Waals surface area contributed by atoms with Gasteiger partial charge in [-0.15, -0.1) is 0 Å². The van der Waals surface area contributed by atoms with Crippen molar-refractivity contribution in [3.05, 3.63) is 71.8 Å². The average molecular weight is 395 g/mol. The van der Waals surface area contributed by atoms with Gasteiger partial charge in [0.2, 0.25) is 0 Å². The van der Waals surface area contributed by atoms with Gasteiger partial charge < -0.3 is 15.1 Å². The molecule has 2 aromatic carbocycles. The van der Waals surface area contributed by atoms with Crippen LogP contribution in [0.3, 0.4) is 0 Å². The Balaban J connectivity index is 1.41. The van der Waals surface area contributed by atoms with E-state index in [9.17, 15) is 0 Å². The molecule has 28 heavy (non-hydrogen) atoms. The van der Waals surface area contributed by atoms with Crippen molar-refractivity contribution in [3.8, 4) is 0 Å². The van der Waals surface area contributed by atoms with E-state index in [1.807, 2.05) is 0 Å². The Hall–Kier alpha value is -1.91. The summed E-state index contributed by atoms with van der Waals surface area (Å²) < 4.78 is 0. The van der Waals surface area contributed by atoms with Crippen LogP contribution in [-0.2, 0) is 0 Å². The van der Waals surface area contributed by atoms with E-state index in [1.165, 1.54) is 43.2 Å². The van der Waals surface area contributed by atoms with Crippen molar-refractivity contribution >= 4 is 17.3 Å². The highest BCUT2D eigenvalue weighted by Crippen LogP contribution is 2.20. The van der Waals surface area contributed by atoms with Crippen LogP contribution in [0.4, 0.5) is 0 Å². The van der Waals surface area contributed by atoms with E-state index in [2.05, 4.69) is 70.9 Å². The van der Waals surface area contributed by atoms with Gasteiger partial charge in [0, 0.05) is 17.2 Å². The third-order valence-corrected chi connectivity index (χ3v) is 6.68. The van der Waals surface area contributed by atoms with E-state index in [0.29, 0.717) is 12.1 Å². The highest BCUT2D eigenvalue weighted by molar-refractivity contribution is 7.80. The lowest BCUT2D eigenvalue weighted by atomic mass is 9.95. The van der Waals surface area contributed by atoms with Gasteiger partial charge in [0.15, 0.2) is 5.11 Å². The fourth-order valence-electron chi connectivity index (χ4n) is 4.75. The van der Waals surface area contributed by atoms with Gasteiger partial charge in [-0.3, -0.25) is 0 Å². The summed E-state index contributed by atoms with van der Waals surface area (Å²) >= 11 is 5.75. The molecule has 4 heteroatoms. The van der Waals surface area contributed by atoms with Gasteiger partial charge in [-0.05, 0) is 25.1 Å². The minimum atomic E-state index is 0.393. The highest BCUT2D eigenvalue weighted by atomic mass is 32.1. The third-order valence-electron chi connectivity index (χ3n) is 6.30. The van der Waals surface area contributed by atoms with Crippen LogP contribution in [0.5, 0.6) is 0 Å². The van der Waals surface area contributed by atoms with Gasteiger partial charge in [0.25, 0.3) is 0 Å². The van der Waals surface area contributed by atoms with Gasteiger partial charge in [-0.25, -0.2) is 0 Å². The number of benzene rings is 2. The van der Waals surface area contributed by atoms with Gasteiger partial charge in [0.05, 0.1) is 26.2 Å². The monoisotopic (exact) mass is 394 g/mol. The van der Waals surface area contributed by atoms with Crippen LogP contribution in [0, 0.1) is 0 Å². The second kappa shape index (κ2) is 9.53. The first-order valence-corrected chi connectivity index (χ1v) is 11.2. The zero-order chi connectivity index (χ0) is 19.2. The molecule has 1 aliphatic carbocycles. The quantitative estimate of drug-likeness (QED) is 0.777. The van der Waals surface area contributed by atoms with Gasteiger partial charge in [0.1, 0.15) is 6.04 Å². The van der Waals surface area contributed by atoms with Crippen LogP contribution in [0.15, 0.2) is 60.7 Å². The maximum atomic E-state index is 5.75. The Morgan fingerprint density at radius 3 is 1.93 bits per heavy atom. The zero-order valence-electron chi connectivity index (χ0n) is 16.6. The Morgan fingerprint density at radius 1 is 0.857 bits per heavy atom. The standard InChI is InChI=1S/C24H31N3S/c28-24(25-22-14-8-3-9-15-22)27-18-16-26(17-19-27)23(20-10-4-1-5-11-20)21-12-6-2-7-13-21/h1-2,4-7,10-13,22-23H,3,8-9,14-19H2,(H,25,28)/p+1. The van der Waals surface area contributed by atoms with E-state index in [-0.39, 0.29) is 0 Å². The van der Waals surface area contributed by atoms with Crippen molar-refractivity contribution in [3.63, 3.8) is 0 Å². The number of nitrogens with zero attached hydrogens (tertiary/aromatic N) is 1. The molecule has 0 bridgehead atoms. The first-order chi connectivity index (χ1) is 13.8. The number of nitrogens with one attached hydrogen (secondary N) is 2. The largest absolute Gasteiger partial charge is 0.360 e. The van der Waals surface area contributed by atoms with Crippen LogP contribution in [-0.4, -0.2) is 42.2 Å². The molecule has 1 saturated carbocycles. The second-order valence-electron chi connectivity index (χ2n) is 8.18. The first kappa shape index (κ1) is 19.4. The van der Waals surface area contributed by atoms with Crippen LogP contribution in [0.25, 0.3) is 0 Å². The number of piperazine rings is 1. The second-order valence-corrected chi connectivity index (χ2v) is 8.57. The molecule has 4 rings (SSSR count). The molecule has 0 radical (unpaired) electrons. The molecule has 148 valence electrons. The molecule has 2 aliphatic rings. The maximum absolute atomic E-state index is 5.75. The SMILES string of the molecule is S=C(NC1CCCCC1)N1CC[NH+](C(c2ccccc2)c2ccccc2)CC1. The summed E-state index contributed by atoms with van der Waals surface area (Å²) in [6, 6.07) is 22.9. The molecule has 2 fully saturated rings. The number of rotatable bonds is 4. The Bertz CT molecular complexity index is 695. The molecule has 3 nitrogen and oxygen atoms in total. The summed E-state index contributed by atoms with van der Waals surface area (Å²) in [5.41, 5.74) is 2.81. The maximum Gasteiger partial charge on any atom is 0.169 e. The van der Waals surface area contributed by atoms with Crippen LogP contribution in [0.2, 0.25) is 0 Å². The van der Waals surface area contributed by atoms with Gasteiger partial charge in [-0.1, -0.05) is 79.9 Å². The smallest absolute Gasteiger partial charge is 0.169 e. The van der Waals surface area contributed by atoms with E-state index in [4.69, 9.17) is 12.2 Å². The number of hydrogen-bond donors (Lipinski definition) is 2. The number of quaternary nitrogens is 1. The fraction of sp³-hybridized carbons (Fsp3) is 0.458. The first-order valence-electron chi connectivity index (χ1n) is 10.8. The molecule has 1 saturated heterocycles. The van der Waals surface area contributed by atoms with Crippen molar-refractivity contribution in [1.29, 1.82) is 0 Å². The minimum absolute atomic E-state index is 0.393. The van der Waals surface area contributed by atoms with E-state index in [0.717, 1.165) is 31.3 Å². The summed E-state index contributed by atoms with van der Waals surface area (Å²) in [5.74, 6) is 0. The van der Waals surface area contributed by atoms with Crippen molar-refractivity contribution in [2.45, 2.75) is 44.2 Å². The summed E-state index contributed by atoms with van der Waals surface area (Å²) in [5, 5.41) is 4.62. The van der Waals surface area contributed by atoms with E-state index < -0.39 is 0 Å². The lowest BCUT2D eigenvalue weighted by Gasteiger charge is -2.39. The van der Waals surface area contributed by atoms with Crippen molar-refractivity contribution in [2.75, 3.05) is 26.2 Å². The summed E-state index contributed by atoms with van der Waals surface area (Å²) in [7, 11) is 0. The van der Waals surface area contributed by atoms with E-state index >= 15 is 0 Å². The number of hydrogen-bond acceptors (Lipinski definition) is 1. The predicted molar refractivity (Wildman–Crippen MR) is 120 cm³/mol.